The van der Waals surface area contributed by atoms with Crippen molar-refractivity contribution in [3.05, 3.63) is 24.3 Å². The van der Waals surface area contributed by atoms with Crippen LogP contribution in [0.3, 0.4) is 0 Å². The third kappa shape index (κ3) is 6.64. The Hall–Kier alpha value is -1.30. The van der Waals surface area contributed by atoms with Crippen LogP contribution in [0.2, 0.25) is 0 Å². The molecule has 0 aromatic heterocycles. The van der Waals surface area contributed by atoms with Gasteiger partial charge in [0.2, 0.25) is 5.91 Å². The van der Waals surface area contributed by atoms with Gasteiger partial charge in [-0.3, -0.25) is 4.79 Å². The van der Waals surface area contributed by atoms with Crippen LogP contribution in [0.5, 0.6) is 5.75 Å². The van der Waals surface area contributed by atoms with E-state index in [1.165, 1.54) is 0 Å². The molecule has 1 aliphatic rings. The second kappa shape index (κ2) is 10.4. The lowest BCUT2D eigenvalue weighted by Crippen LogP contribution is -2.16. The summed E-state index contributed by atoms with van der Waals surface area (Å²) in [6.07, 6.45) is 3.77. The van der Waals surface area contributed by atoms with Crippen molar-refractivity contribution in [2.45, 2.75) is 31.8 Å². The van der Waals surface area contributed by atoms with Crippen molar-refractivity contribution in [1.82, 2.24) is 5.32 Å². The standard InChI is InChI=1S/C16H24N2O3.ClH/c1-17-10-2-5-16(19)18-13-6-8-14(9-7-13)21-12-15-4-3-11-20-15;/h6-9,15,17H,2-5,10-12H2,1H3,(H,18,19);1H. The summed E-state index contributed by atoms with van der Waals surface area (Å²) in [6.45, 7) is 2.28. The minimum Gasteiger partial charge on any atom is -0.491 e. The number of halogens is 1. The first kappa shape index (κ1) is 18.7. The molecule has 1 aromatic rings. The van der Waals surface area contributed by atoms with Gasteiger partial charge in [-0.25, -0.2) is 0 Å². The molecule has 2 rings (SSSR count). The Morgan fingerprint density at radius 1 is 1.36 bits per heavy atom. The fourth-order valence-electron chi connectivity index (χ4n) is 2.25. The largest absolute Gasteiger partial charge is 0.491 e. The highest BCUT2D eigenvalue weighted by Crippen LogP contribution is 2.18. The van der Waals surface area contributed by atoms with E-state index in [4.69, 9.17) is 9.47 Å². The molecule has 0 radical (unpaired) electrons. The molecule has 1 unspecified atom stereocenters. The summed E-state index contributed by atoms with van der Waals surface area (Å²) in [5.74, 6) is 0.844. The van der Waals surface area contributed by atoms with Crippen LogP contribution in [-0.4, -0.2) is 38.8 Å². The van der Waals surface area contributed by atoms with Crippen LogP contribution in [0.15, 0.2) is 24.3 Å². The van der Waals surface area contributed by atoms with E-state index in [1.54, 1.807) is 0 Å². The summed E-state index contributed by atoms with van der Waals surface area (Å²) in [6, 6.07) is 7.47. The lowest BCUT2D eigenvalue weighted by molar-refractivity contribution is -0.116. The van der Waals surface area contributed by atoms with Gasteiger partial charge in [0.25, 0.3) is 0 Å². The van der Waals surface area contributed by atoms with Crippen molar-refractivity contribution in [3.8, 4) is 5.75 Å². The van der Waals surface area contributed by atoms with Gasteiger partial charge in [0.05, 0.1) is 6.10 Å². The third-order valence-corrected chi connectivity index (χ3v) is 3.43. The van der Waals surface area contributed by atoms with Gasteiger partial charge in [0, 0.05) is 18.7 Å². The van der Waals surface area contributed by atoms with Gasteiger partial charge < -0.3 is 20.1 Å². The number of hydrogen-bond acceptors (Lipinski definition) is 4. The van der Waals surface area contributed by atoms with Crippen molar-refractivity contribution < 1.29 is 14.3 Å². The van der Waals surface area contributed by atoms with E-state index < -0.39 is 0 Å². The van der Waals surface area contributed by atoms with Crippen molar-refractivity contribution >= 4 is 24.0 Å². The fourth-order valence-corrected chi connectivity index (χ4v) is 2.25. The first-order chi connectivity index (χ1) is 10.3. The van der Waals surface area contributed by atoms with E-state index in [2.05, 4.69) is 10.6 Å². The summed E-state index contributed by atoms with van der Waals surface area (Å²) in [4.78, 5) is 11.7. The molecule has 0 aliphatic carbocycles. The Morgan fingerprint density at radius 2 is 2.14 bits per heavy atom. The van der Waals surface area contributed by atoms with Crippen LogP contribution < -0.4 is 15.4 Å². The minimum absolute atomic E-state index is 0. The van der Waals surface area contributed by atoms with E-state index in [0.29, 0.717) is 13.0 Å². The number of nitrogens with one attached hydrogen (secondary N) is 2. The number of benzene rings is 1. The quantitative estimate of drug-likeness (QED) is 0.720. The highest BCUT2D eigenvalue weighted by molar-refractivity contribution is 5.90. The number of carbonyl (C=O) groups is 1. The number of ether oxygens (including phenoxy) is 2. The molecule has 1 amide bonds. The smallest absolute Gasteiger partial charge is 0.224 e. The summed E-state index contributed by atoms with van der Waals surface area (Å²) < 4.78 is 11.2. The maximum absolute atomic E-state index is 11.7. The van der Waals surface area contributed by atoms with E-state index in [1.807, 2.05) is 31.3 Å². The molecule has 0 spiro atoms. The van der Waals surface area contributed by atoms with Gasteiger partial charge in [-0.1, -0.05) is 0 Å². The Kier molecular flexibility index (Phi) is 8.89. The van der Waals surface area contributed by atoms with Crippen LogP contribution in [0.25, 0.3) is 0 Å². The van der Waals surface area contributed by atoms with E-state index in [9.17, 15) is 4.79 Å². The van der Waals surface area contributed by atoms with Gasteiger partial charge in [-0.15, -0.1) is 12.4 Å². The van der Waals surface area contributed by atoms with Crippen molar-refractivity contribution in [3.63, 3.8) is 0 Å². The Labute approximate surface area is 138 Å². The summed E-state index contributed by atoms with van der Waals surface area (Å²) in [5.41, 5.74) is 0.800. The molecule has 6 heteroatoms. The Balaban J connectivity index is 0.00000242. The van der Waals surface area contributed by atoms with Crippen LogP contribution in [0.1, 0.15) is 25.7 Å². The van der Waals surface area contributed by atoms with Gasteiger partial charge in [0.15, 0.2) is 0 Å². The van der Waals surface area contributed by atoms with Crippen LogP contribution in [-0.2, 0) is 9.53 Å². The molecule has 1 atom stereocenters. The van der Waals surface area contributed by atoms with Crippen molar-refractivity contribution in [2.75, 3.05) is 32.1 Å². The minimum atomic E-state index is 0. The number of anilines is 1. The number of hydrogen-bond donors (Lipinski definition) is 2. The predicted octanol–water partition coefficient (Wildman–Crippen LogP) is 2.60. The lowest BCUT2D eigenvalue weighted by Gasteiger charge is -2.12. The van der Waals surface area contributed by atoms with E-state index in [0.717, 1.165) is 43.9 Å². The van der Waals surface area contributed by atoms with Gasteiger partial charge in [-0.05, 0) is 57.1 Å². The SMILES string of the molecule is CNCCCC(=O)Nc1ccc(OCC2CCCO2)cc1.Cl. The topological polar surface area (TPSA) is 59.6 Å². The summed E-state index contributed by atoms with van der Waals surface area (Å²) >= 11 is 0. The summed E-state index contributed by atoms with van der Waals surface area (Å²) in [5, 5.41) is 5.90. The average Bonchev–Trinajstić information content (AvgIpc) is 3.00. The zero-order valence-corrected chi connectivity index (χ0v) is 13.8. The zero-order valence-electron chi connectivity index (χ0n) is 13.0. The second-order valence-corrected chi connectivity index (χ2v) is 5.23. The molecular weight excluding hydrogens is 304 g/mol. The predicted molar refractivity (Wildman–Crippen MR) is 89.9 cm³/mol. The number of amides is 1. The molecule has 1 heterocycles. The van der Waals surface area contributed by atoms with E-state index >= 15 is 0 Å². The van der Waals surface area contributed by atoms with Gasteiger partial charge in [-0.2, -0.15) is 0 Å². The highest BCUT2D eigenvalue weighted by atomic mass is 35.5. The van der Waals surface area contributed by atoms with Crippen molar-refractivity contribution in [1.29, 1.82) is 0 Å². The summed E-state index contributed by atoms with van der Waals surface area (Å²) in [7, 11) is 1.88. The molecular formula is C16H25ClN2O3. The third-order valence-electron chi connectivity index (χ3n) is 3.43. The Bertz CT molecular complexity index is 434. The van der Waals surface area contributed by atoms with E-state index in [-0.39, 0.29) is 24.4 Å². The molecule has 0 saturated carbocycles. The molecule has 1 fully saturated rings. The van der Waals surface area contributed by atoms with Gasteiger partial charge >= 0.3 is 0 Å². The zero-order chi connectivity index (χ0) is 14.9. The number of carbonyl (C=O) groups excluding carboxylic acids is 1. The first-order valence-electron chi connectivity index (χ1n) is 7.57. The first-order valence-corrected chi connectivity index (χ1v) is 7.57. The highest BCUT2D eigenvalue weighted by Gasteiger charge is 2.15. The normalized spacial score (nSPS) is 16.9. The average molecular weight is 329 g/mol. The molecule has 1 aliphatic heterocycles. The second-order valence-electron chi connectivity index (χ2n) is 5.23. The Morgan fingerprint density at radius 3 is 2.77 bits per heavy atom. The number of rotatable bonds is 8. The monoisotopic (exact) mass is 328 g/mol. The van der Waals surface area contributed by atoms with Crippen LogP contribution in [0, 0.1) is 0 Å². The lowest BCUT2D eigenvalue weighted by atomic mass is 10.2. The molecule has 0 bridgehead atoms. The maximum Gasteiger partial charge on any atom is 0.224 e. The molecule has 1 aromatic carbocycles. The molecule has 2 N–H and O–H groups in total. The molecule has 22 heavy (non-hydrogen) atoms. The van der Waals surface area contributed by atoms with Crippen LogP contribution >= 0.6 is 12.4 Å². The fraction of sp³-hybridized carbons (Fsp3) is 0.562. The molecule has 5 nitrogen and oxygen atoms in total. The van der Waals surface area contributed by atoms with Crippen molar-refractivity contribution in [2.24, 2.45) is 0 Å². The maximum atomic E-state index is 11.7. The molecule has 1 saturated heterocycles. The van der Waals surface area contributed by atoms with Gasteiger partial charge in [0.1, 0.15) is 12.4 Å². The molecule has 124 valence electrons. The van der Waals surface area contributed by atoms with Crippen LogP contribution in [0.4, 0.5) is 5.69 Å².